The molecule has 4 heteroatoms. The quantitative estimate of drug-likeness (QED) is 0.381. The maximum Gasteiger partial charge on any atom is 0.305 e. The van der Waals surface area contributed by atoms with Gasteiger partial charge in [0, 0.05) is 12.3 Å². The Morgan fingerprint density at radius 2 is 1.40 bits per heavy atom. The molecular formula is C16H32O4. The van der Waals surface area contributed by atoms with Crippen molar-refractivity contribution in [2.45, 2.75) is 71.1 Å². The first-order valence-electron chi connectivity index (χ1n) is 8.11. The number of aliphatic hydroxyl groups is 2. The molecule has 0 atom stereocenters. The van der Waals surface area contributed by atoms with Crippen molar-refractivity contribution in [2.24, 2.45) is 5.92 Å². The smallest absolute Gasteiger partial charge is 0.305 e. The van der Waals surface area contributed by atoms with Crippen LogP contribution in [0.3, 0.4) is 0 Å². The number of esters is 1. The summed E-state index contributed by atoms with van der Waals surface area (Å²) in [4.78, 5) is 11.4. The summed E-state index contributed by atoms with van der Waals surface area (Å²) in [6.45, 7) is 2.04. The predicted molar refractivity (Wildman–Crippen MR) is 80.5 cm³/mol. The molecule has 0 aliphatic rings. The van der Waals surface area contributed by atoms with E-state index in [-0.39, 0.29) is 31.7 Å². The molecule has 0 rings (SSSR count). The molecule has 4 nitrogen and oxygen atoms in total. The molecule has 0 spiro atoms. The molecule has 0 unspecified atom stereocenters. The van der Waals surface area contributed by atoms with Crippen molar-refractivity contribution < 1.29 is 19.7 Å². The van der Waals surface area contributed by atoms with Crippen LogP contribution in [0.15, 0.2) is 0 Å². The molecule has 0 amide bonds. The van der Waals surface area contributed by atoms with Crippen LogP contribution in [-0.2, 0) is 9.53 Å². The minimum absolute atomic E-state index is 0.114. The van der Waals surface area contributed by atoms with Crippen molar-refractivity contribution in [1.29, 1.82) is 0 Å². The van der Waals surface area contributed by atoms with Gasteiger partial charge in [-0.15, -0.1) is 0 Å². The molecule has 0 aromatic heterocycles. The van der Waals surface area contributed by atoms with E-state index in [4.69, 9.17) is 14.9 Å². The van der Waals surface area contributed by atoms with Gasteiger partial charge < -0.3 is 14.9 Å². The molecule has 0 heterocycles. The van der Waals surface area contributed by atoms with Crippen LogP contribution in [0.4, 0.5) is 0 Å². The molecule has 0 bridgehead atoms. The van der Waals surface area contributed by atoms with Gasteiger partial charge in [-0.1, -0.05) is 58.3 Å². The summed E-state index contributed by atoms with van der Waals surface area (Å²) < 4.78 is 5.00. The first kappa shape index (κ1) is 19.4. The van der Waals surface area contributed by atoms with E-state index in [1.807, 2.05) is 0 Å². The minimum Gasteiger partial charge on any atom is -0.465 e. The standard InChI is InChI=1S/C16H32O4/c1-2-3-4-5-6-7-8-9-10-11-16(19)20-14-15(12-17)13-18/h15,17-18H,2-14H2,1H3. The van der Waals surface area contributed by atoms with Crippen LogP contribution in [-0.4, -0.2) is 36.0 Å². The number of aliphatic hydroxyl groups excluding tert-OH is 2. The minimum atomic E-state index is -0.345. The molecule has 0 saturated carbocycles. The molecule has 0 aromatic rings. The third-order valence-electron chi connectivity index (χ3n) is 3.48. The Labute approximate surface area is 123 Å². The Hall–Kier alpha value is -0.610. The Morgan fingerprint density at radius 3 is 1.90 bits per heavy atom. The van der Waals surface area contributed by atoms with Gasteiger partial charge in [-0.05, 0) is 6.42 Å². The number of hydrogen-bond acceptors (Lipinski definition) is 4. The Bertz CT molecular complexity index is 215. The van der Waals surface area contributed by atoms with Gasteiger partial charge >= 0.3 is 5.97 Å². The molecule has 2 N–H and O–H groups in total. The van der Waals surface area contributed by atoms with Crippen LogP contribution in [0.25, 0.3) is 0 Å². The van der Waals surface area contributed by atoms with Gasteiger partial charge in [-0.25, -0.2) is 0 Å². The molecule has 0 radical (unpaired) electrons. The monoisotopic (exact) mass is 288 g/mol. The highest BCUT2D eigenvalue weighted by atomic mass is 16.5. The Balaban J connectivity index is 3.27. The van der Waals surface area contributed by atoms with Gasteiger partial charge in [-0.2, -0.15) is 0 Å². The maximum atomic E-state index is 11.4. The van der Waals surface area contributed by atoms with Crippen LogP contribution in [0, 0.1) is 5.92 Å². The molecule has 0 aliphatic carbocycles. The van der Waals surface area contributed by atoms with Gasteiger partial charge in [0.05, 0.1) is 19.8 Å². The summed E-state index contributed by atoms with van der Waals surface area (Å²) in [5.74, 6) is -0.568. The number of ether oxygens (including phenoxy) is 1. The Kier molecular flexibility index (Phi) is 14.3. The number of hydrogen-bond donors (Lipinski definition) is 2. The average molecular weight is 288 g/mol. The fourth-order valence-corrected chi connectivity index (χ4v) is 2.03. The van der Waals surface area contributed by atoms with Crippen molar-refractivity contribution in [1.82, 2.24) is 0 Å². The molecule has 20 heavy (non-hydrogen) atoms. The van der Waals surface area contributed by atoms with Crippen LogP contribution in [0.1, 0.15) is 71.1 Å². The van der Waals surface area contributed by atoms with Crippen LogP contribution in [0.2, 0.25) is 0 Å². The van der Waals surface area contributed by atoms with E-state index in [0.717, 1.165) is 12.8 Å². The highest BCUT2D eigenvalue weighted by Gasteiger charge is 2.09. The van der Waals surface area contributed by atoms with Crippen LogP contribution in [0.5, 0.6) is 0 Å². The number of carbonyl (C=O) groups is 1. The predicted octanol–water partition coefficient (Wildman–Crippen LogP) is 3.05. The number of carbonyl (C=O) groups excluding carboxylic acids is 1. The summed E-state index contributed by atoms with van der Waals surface area (Å²) in [6, 6.07) is 0. The summed E-state index contributed by atoms with van der Waals surface area (Å²) in [6.07, 6.45) is 11.5. The molecule has 0 aromatic carbocycles. The maximum absolute atomic E-state index is 11.4. The van der Waals surface area contributed by atoms with Crippen LogP contribution >= 0.6 is 0 Å². The third kappa shape index (κ3) is 12.4. The first-order valence-corrected chi connectivity index (χ1v) is 8.11. The van der Waals surface area contributed by atoms with Gasteiger partial charge in [0.15, 0.2) is 0 Å². The second-order valence-electron chi connectivity index (χ2n) is 5.49. The molecule has 120 valence electrons. The van der Waals surface area contributed by atoms with E-state index in [2.05, 4.69) is 6.92 Å². The molecule has 0 aliphatic heterocycles. The second-order valence-corrected chi connectivity index (χ2v) is 5.49. The van der Waals surface area contributed by atoms with Crippen molar-refractivity contribution in [3.05, 3.63) is 0 Å². The van der Waals surface area contributed by atoms with Crippen LogP contribution < -0.4 is 0 Å². The molecule has 0 saturated heterocycles. The van der Waals surface area contributed by atoms with E-state index < -0.39 is 0 Å². The zero-order valence-corrected chi connectivity index (χ0v) is 13.0. The van der Waals surface area contributed by atoms with Gasteiger partial charge in [0.1, 0.15) is 0 Å². The van der Waals surface area contributed by atoms with E-state index in [0.29, 0.717) is 6.42 Å². The zero-order valence-electron chi connectivity index (χ0n) is 13.0. The summed E-state index contributed by atoms with van der Waals surface area (Å²) in [5.41, 5.74) is 0. The van der Waals surface area contributed by atoms with E-state index in [1.165, 1.54) is 44.9 Å². The lowest BCUT2D eigenvalue weighted by Crippen LogP contribution is -2.20. The van der Waals surface area contributed by atoms with E-state index >= 15 is 0 Å². The summed E-state index contributed by atoms with van der Waals surface area (Å²) >= 11 is 0. The first-order chi connectivity index (χ1) is 9.74. The van der Waals surface area contributed by atoms with Gasteiger partial charge in [-0.3, -0.25) is 4.79 Å². The normalized spacial score (nSPS) is 11.0. The fraction of sp³-hybridized carbons (Fsp3) is 0.938. The van der Waals surface area contributed by atoms with Crippen molar-refractivity contribution >= 4 is 5.97 Å². The fourth-order valence-electron chi connectivity index (χ4n) is 2.03. The molecule has 0 fully saturated rings. The highest BCUT2D eigenvalue weighted by molar-refractivity contribution is 5.69. The van der Waals surface area contributed by atoms with E-state index in [1.54, 1.807) is 0 Å². The Morgan fingerprint density at radius 1 is 0.900 bits per heavy atom. The van der Waals surface area contributed by atoms with Gasteiger partial charge in [0.25, 0.3) is 0 Å². The lowest BCUT2D eigenvalue weighted by molar-refractivity contribution is -0.146. The zero-order chi connectivity index (χ0) is 15.1. The van der Waals surface area contributed by atoms with Gasteiger partial charge in [0.2, 0.25) is 0 Å². The van der Waals surface area contributed by atoms with Crippen molar-refractivity contribution in [2.75, 3.05) is 19.8 Å². The third-order valence-corrected chi connectivity index (χ3v) is 3.48. The lowest BCUT2D eigenvalue weighted by atomic mass is 10.1. The van der Waals surface area contributed by atoms with Crippen molar-refractivity contribution in [3.8, 4) is 0 Å². The number of rotatable bonds is 14. The summed E-state index contributed by atoms with van der Waals surface area (Å²) in [7, 11) is 0. The lowest BCUT2D eigenvalue weighted by Gasteiger charge is -2.11. The van der Waals surface area contributed by atoms with Crippen molar-refractivity contribution in [3.63, 3.8) is 0 Å². The van der Waals surface area contributed by atoms with E-state index in [9.17, 15) is 4.79 Å². The molecular weight excluding hydrogens is 256 g/mol. The number of unbranched alkanes of at least 4 members (excludes halogenated alkanes) is 8. The summed E-state index contributed by atoms with van der Waals surface area (Å²) in [5, 5.41) is 17.7. The average Bonchev–Trinajstić information content (AvgIpc) is 2.46. The second kappa shape index (κ2) is 14.8. The largest absolute Gasteiger partial charge is 0.465 e. The topological polar surface area (TPSA) is 66.8 Å². The highest BCUT2D eigenvalue weighted by Crippen LogP contribution is 2.10. The SMILES string of the molecule is CCCCCCCCCCCC(=O)OCC(CO)CO.